The molecule has 0 saturated carbocycles. The van der Waals surface area contributed by atoms with E-state index < -0.39 is 5.97 Å². The van der Waals surface area contributed by atoms with Crippen LogP contribution in [0.2, 0.25) is 0 Å². The molecular formula is C12H10N2O2. The fourth-order valence-electron chi connectivity index (χ4n) is 1.40. The summed E-state index contributed by atoms with van der Waals surface area (Å²) in [6.45, 7) is 1.96. The van der Waals surface area contributed by atoms with Crippen molar-refractivity contribution in [2.45, 2.75) is 6.92 Å². The highest BCUT2D eigenvalue weighted by molar-refractivity contribution is 5.86. The maximum Gasteiger partial charge on any atom is 0.338 e. The average Bonchev–Trinajstić information content (AvgIpc) is 2.30. The molecule has 0 aliphatic rings. The van der Waals surface area contributed by atoms with Crippen LogP contribution in [0.4, 0.5) is 0 Å². The maximum absolute atomic E-state index is 10.6. The van der Waals surface area contributed by atoms with Crippen LogP contribution in [-0.4, -0.2) is 21.0 Å². The van der Waals surface area contributed by atoms with Crippen LogP contribution >= 0.6 is 0 Å². The molecule has 0 bridgehead atoms. The summed E-state index contributed by atoms with van der Waals surface area (Å²) in [5, 5.41) is 8.72. The molecule has 1 N–H and O–H groups in total. The molecule has 0 aliphatic carbocycles. The number of carbonyl (C=O) groups is 1. The van der Waals surface area contributed by atoms with Gasteiger partial charge in [-0.15, -0.1) is 0 Å². The average molecular weight is 214 g/mol. The predicted octanol–water partition coefficient (Wildman–Crippen LogP) is 2.15. The second-order valence-corrected chi connectivity index (χ2v) is 3.42. The first kappa shape index (κ1) is 10.3. The summed E-state index contributed by atoms with van der Waals surface area (Å²) in [4.78, 5) is 18.7. The molecule has 0 radical (unpaired) electrons. The molecule has 4 nitrogen and oxygen atoms in total. The minimum atomic E-state index is -1.02. The highest BCUT2D eigenvalue weighted by Gasteiger charge is 2.07. The molecule has 0 atom stereocenters. The van der Waals surface area contributed by atoms with E-state index in [0.717, 1.165) is 11.1 Å². The van der Waals surface area contributed by atoms with Gasteiger partial charge in [0.15, 0.2) is 5.82 Å². The zero-order chi connectivity index (χ0) is 11.5. The highest BCUT2D eigenvalue weighted by atomic mass is 16.4. The molecule has 0 amide bonds. The zero-order valence-electron chi connectivity index (χ0n) is 8.71. The van der Waals surface area contributed by atoms with Gasteiger partial charge in [0.2, 0.25) is 0 Å². The fourth-order valence-corrected chi connectivity index (χ4v) is 1.40. The van der Waals surface area contributed by atoms with E-state index >= 15 is 0 Å². The molecule has 1 aromatic carbocycles. The lowest BCUT2D eigenvalue weighted by atomic mass is 10.1. The Hall–Kier alpha value is -2.23. The predicted molar refractivity (Wildman–Crippen MR) is 59.2 cm³/mol. The van der Waals surface area contributed by atoms with E-state index in [-0.39, 0.29) is 5.56 Å². The molecule has 0 fully saturated rings. The Morgan fingerprint density at radius 1 is 1.19 bits per heavy atom. The minimum absolute atomic E-state index is 0.0948. The molecular weight excluding hydrogens is 204 g/mol. The van der Waals surface area contributed by atoms with Gasteiger partial charge in [-0.05, 0) is 12.5 Å². The Morgan fingerprint density at radius 2 is 1.81 bits per heavy atom. The quantitative estimate of drug-likeness (QED) is 0.831. The molecule has 1 aromatic heterocycles. The van der Waals surface area contributed by atoms with E-state index in [1.165, 1.54) is 12.4 Å². The van der Waals surface area contributed by atoms with Gasteiger partial charge in [-0.2, -0.15) is 0 Å². The highest BCUT2D eigenvalue weighted by Crippen LogP contribution is 2.18. The van der Waals surface area contributed by atoms with Gasteiger partial charge in [0.05, 0.1) is 5.56 Å². The second-order valence-electron chi connectivity index (χ2n) is 3.42. The van der Waals surface area contributed by atoms with E-state index in [4.69, 9.17) is 5.11 Å². The normalized spacial score (nSPS) is 10.1. The topological polar surface area (TPSA) is 63.1 Å². The maximum atomic E-state index is 10.6. The molecule has 2 aromatic rings. The summed E-state index contributed by atoms with van der Waals surface area (Å²) in [7, 11) is 0. The molecule has 80 valence electrons. The minimum Gasteiger partial charge on any atom is -0.478 e. The summed E-state index contributed by atoms with van der Waals surface area (Å²) in [6.07, 6.45) is 2.63. The monoisotopic (exact) mass is 214 g/mol. The van der Waals surface area contributed by atoms with E-state index in [2.05, 4.69) is 9.97 Å². The van der Waals surface area contributed by atoms with Crippen molar-refractivity contribution >= 4 is 5.97 Å². The summed E-state index contributed by atoms with van der Waals surface area (Å²) in [5.41, 5.74) is 2.07. The summed E-state index contributed by atoms with van der Waals surface area (Å²) >= 11 is 0. The summed E-state index contributed by atoms with van der Waals surface area (Å²) in [5.74, 6) is -0.473. The summed E-state index contributed by atoms with van der Waals surface area (Å²) < 4.78 is 0. The van der Waals surface area contributed by atoms with Gasteiger partial charge in [-0.3, -0.25) is 0 Å². The second kappa shape index (κ2) is 4.10. The number of carboxylic acid groups (broad SMARTS) is 1. The van der Waals surface area contributed by atoms with Crippen molar-refractivity contribution in [2.24, 2.45) is 0 Å². The Balaban J connectivity index is 2.43. The number of hydrogen-bond acceptors (Lipinski definition) is 3. The van der Waals surface area contributed by atoms with E-state index in [1.54, 1.807) is 0 Å². The fraction of sp³-hybridized carbons (Fsp3) is 0.0833. The number of hydrogen-bond donors (Lipinski definition) is 1. The third kappa shape index (κ3) is 1.91. The van der Waals surface area contributed by atoms with E-state index in [1.807, 2.05) is 31.2 Å². The number of rotatable bonds is 2. The van der Waals surface area contributed by atoms with Crippen molar-refractivity contribution in [2.75, 3.05) is 0 Å². The van der Waals surface area contributed by atoms with Crippen molar-refractivity contribution in [3.8, 4) is 11.4 Å². The number of aromatic nitrogens is 2. The number of benzene rings is 1. The van der Waals surface area contributed by atoms with Crippen LogP contribution < -0.4 is 0 Å². The van der Waals surface area contributed by atoms with E-state index in [9.17, 15) is 4.79 Å². The Labute approximate surface area is 92.6 Å². The van der Waals surface area contributed by atoms with Crippen LogP contribution in [0.1, 0.15) is 15.9 Å². The van der Waals surface area contributed by atoms with Gasteiger partial charge in [-0.1, -0.05) is 24.3 Å². The van der Waals surface area contributed by atoms with Crippen LogP contribution in [0, 0.1) is 6.92 Å². The number of aryl methyl sites for hydroxylation is 1. The van der Waals surface area contributed by atoms with Crippen molar-refractivity contribution in [1.82, 2.24) is 9.97 Å². The Kier molecular flexibility index (Phi) is 2.64. The molecule has 2 rings (SSSR count). The standard InChI is InChI=1S/C12H10N2O2/c1-8-4-2-3-5-10(8)11-13-6-9(7-14-11)12(15)16/h2-7H,1H3,(H,15,16). The first-order chi connectivity index (χ1) is 7.68. The van der Waals surface area contributed by atoms with Crippen LogP contribution in [-0.2, 0) is 0 Å². The van der Waals surface area contributed by atoms with Crippen LogP contribution in [0.3, 0.4) is 0 Å². The Bertz CT molecular complexity index is 521. The lowest BCUT2D eigenvalue weighted by molar-refractivity contribution is 0.0696. The third-order valence-electron chi connectivity index (χ3n) is 2.28. The molecule has 4 heteroatoms. The number of aromatic carboxylic acids is 1. The van der Waals surface area contributed by atoms with Crippen molar-refractivity contribution in [3.05, 3.63) is 47.8 Å². The molecule has 0 spiro atoms. The van der Waals surface area contributed by atoms with Gasteiger partial charge < -0.3 is 5.11 Å². The lowest BCUT2D eigenvalue weighted by Gasteiger charge is -2.03. The lowest BCUT2D eigenvalue weighted by Crippen LogP contribution is -1.99. The van der Waals surface area contributed by atoms with Gasteiger partial charge in [0.1, 0.15) is 0 Å². The van der Waals surface area contributed by atoms with Gasteiger partial charge in [0, 0.05) is 18.0 Å². The van der Waals surface area contributed by atoms with E-state index in [0.29, 0.717) is 5.82 Å². The van der Waals surface area contributed by atoms with Crippen LogP contribution in [0.15, 0.2) is 36.7 Å². The van der Waals surface area contributed by atoms with Crippen molar-refractivity contribution in [1.29, 1.82) is 0 Å². The SMILES string of the molecule is Cc1ccccc1-c1ncc(C(=O)O)cn1. The molecule has 0 unspecified atom stereocenters. The number of carboxylic acids is 1. The molecule has 0 saturated heterocycles. The van der Waals surface area contributed by atoms with Gasteiger partial charge in [-0.25, -0.2) is 14.8 Å². The van der Waals surface area contributed by atoms with Gasteiger partial charge >= 0.3 is 5.97 Å². The zero-order valence-corrected chi connectivity index (χ0v) is 8.71. The molecule has 1 heterocycles. The molecule has 0 aliphatic heterocycles. The van der Waals surface area contributed by atoms with Gasteiger partial charge in [0.25, 0.3) is 0 Å². The first-order valence-corrected chi connectivity index (χ1v) is 4.80. The number of nitrogens with zero attached hydrogens (tertiary/aromatic N) is 2. The summed E-state index contributed by atoms with van der Waals surface area (Å²) in [6, 6.07) is 7.70. The smallest absolute Gasteiger partial charge is 0.338 e. The Morgan fingerprint density at radius 3 is 2.38 bits per heavy atom. The van der Waals surface area contributed by atoms with Crippen LogP contribution in [0.5, 0.6) is 0 Å². The van der Waals surface area contributed by atoms with Crippen LogP contribution in [0.25, 0.3) is 11.4 Å². The van der Waals surface area contributed by atoms with Crippen molar-refractivity contribution in [3.63, 3.8) is 0 Å². The van der Waals surface area contributed by atoms with Crippen molar-refractivity contribution < 1.29 is 9.90 Å². The first-order valence-electron chi connectivity index (χ1n) is 4.80. The largest absolute Gasteiger partial charge is 0.478 e. The molecule has 16 heavy (non-hydrogen) atoms. The third-order valence-corrected chi connectivity index (χ3v) is 2.28.